The van der Waals surface area contributed by atoms with Crippen LogP contribution < -0.4 is 5.32 Å². The van der Waals surface area contributed by atoms with E-state index in [2.05, 4.69) is 31.1 Å². The average molecular weight is 214 g/mol. The number of nitrogens with zero attached hydrogens (tertiary/aromatic N) is 1. The third kappa shape index (κ3) is 4.09. The van der Waals surface area contributed by atoms with E-state index >= 15 is 0 Å². The highest BCUT2D eigenvalue weighted by Gasteiger charge is 2.23. The quantitative estimate of drug-likeness (QED) is 0.750. The van der Waals surface area contributed by atoms with E-state index in [1.54, 1.807) is 7.11 Å². The summed E-state index contributed by atoms with van der Waals surface area (Å²) in [6.45, 7) is 6.57. The third-order valence-electron chi connectivity index (χ3n) is 3.54. The summed E-state index contributed by atoms with van der Waals surface area (Å²) < 4.78 is 5.21. The van der Waals surface area contributed by atoms with Crippen molar-refractivity contribution in [2.45, 2.75) is 51.2 Å². The number of nitrogens with one attached hydrogen (secondary N) is 1. The Kier molecular flexibility index (Phi) is 5.58. The molecule has 0 radical (unpaired) electrons. The molecule has 1 aliphatic heterocycles. The van der Waals surface area contributed by atoms with Crippen molar-refractivity contribution in [2.75, 3.05) is 27.3 Å². The highest BCUT2D eigenvalue weighted by Crippen LogP contribution is 2.16. The van der Waals surface area contributed by atoms with Crippen molar-refractivity contribution in [3.8, 4) is 0 Å². The second kappa shape index (κ2) is 6.46. The SMILES string of the molecule is CCC(COC)NC1CCN(C)C(C)C1. The molecule has 1 heterocycles. The van der Waals surface area contributed by atoms with Crippen LogP contribution in [0.3, 0.4) is 0 Å². The van der Waals surface area contributed by atoms with Gasteiger partial charge >= 0.3 is 0 Å². The molecule has 0 amide bonds. The minimum Gasteiger partial charge on any atom is -0.383 e. The van der Waals surface area contributed by atoms with E-state index in [1.807, 2.05) is 0 Å². The van der Waals surface area contributed by atoms with Gasteiger partial charge in [0, 0.05) is 25.2 Å². The van der Waals surface area contributed by atoms with Crippen molar-refractivity contribution in [1.82, 2.24) is 10.2 Å². The van der Waals surface area contributed by atoms with Crippen molar-refractivity contribution in [3.05, 3.63) is 0 Å². The number of rotatable bonds is 5. The first-order chi connectivity index (χ1) is 7.17. The Hall–Kier alpha value is -0.120. The summed E-state index contributed by atoms with van der Waals surface area (Å²) in [4.78, 5) is 2.44. The monoisotopic (exact) mass is 214 g/mol. The van der Waals surface area contributed by atoms with Crippen LogP contribution in [0.25, 0.3) is 0 Å². The maximum absolute atomic E-state index is 5.21. The maximum atomic E-state index is 5.21. The number of hydrogen-bond acceptors (Lipinski definition) is 3. The molecule has 0 bridgehead atoms. The van der Waals surface area contributed by atoms with Crippen LogP contribution in [0.15, 0.2) is 0 Å². The number of ether oxygens (including phenoxy) is 1. The average Bonchev–Trinajstić information content (AvgIpc) is 2.23. The number of likely N-dealkylation sites (tertiary alicyclic amines) is 1. The molecule has 1 fully saturated rings. The summed E-state index contributed by atoms with van der Waals surface area (Å²) in [5.41, 5.74) is 0. The van der Waals surface area contributed by atoms with E-state index in [-0.39, 0.29) is 0 Å². The minimum atomic E-state index is 0.524. The van der Waals surface area contributed by atoms with E-state index in [9.17, 15) is 0 Å². The molecule has 3 unspecified atom stereocenters. The van der Waals surface area contributed by atoms with E-state index in [1.165, 1.54) is 19.4 Å². The Labute approximate surface area is 94.2 Å². The van der Waals surface area contributed by atoms with Gasteiger partial charge in [-0.25, -0.2) is 0 Å². The van der Waals surface area contributed by atoms with Gasteiger partial charge < -0.3 is 15.0 Å². The number of hydrogen-bond donors (Lipinski definition) is 1. The normalized spacial score (nSPS) is 30.4. The second-order valence-corrected chi connectivity index (χ2v) is 4.78. The highest BCUT2D eigenvalue weighted by molar-refractivity contribution is 4.83. The Morgan fingerprint density at radius 3 is 2.80 bits per heavy atom. The zero-order valence-corrected chi connectivity index (χ0v) is 10.6. The van der Waals surface area contributed by atoms with Gasteiger partial charge in [-0.2, -0.15) is 0 Å². The van der Waals surface area contributed by atoms with Gasteiger partial charge in [0.25, 0.3) is 0 Å². The fraction of sp³-hybridized carbons (Fsp3) is 1.00. The molecule has 0 aliphatic carbocycles. The molecule has 15 heavy (non-hydrogen) atoms. The van der Waals surface area contributed by atoms with Crippen molar-refractivity contribution in [2.24, 2.45) is 0 Å². The molecule has 0 spiro atoms. The van der Waals surface area contributed by atoms with Gasteiger partial charge in [0.1, 0.15) is 0 Å². The second-order valence-electron chi connectivity index (χ2n) is 4.78. The first-order valence-electron chi connectivity index (χ1n) is 6.12. The molecule has 3 nitrogen and oxygen atoms in total. The fourth-order valence-corrected chi connectivity index (χ4v) is 2.26. The number of piperidine rings is 1. The van der Waals surface area contributed by atoms with Gasteiger partial charge in [-0.15, -0.1) is 0 Å². The Morgan fingerprint density at radius 1 is 1.53 bits per heavy atom. The summed E-state index contributed by atoms with van der Waals surface area (Å²) in [7, 11) is 3.99. The molecule has 0 aromatic carbocycles. The van der Waals surface area contributed by atoms with Crippen LogP contribution in [-0.4, -0.2) is 50.3 Å². The van der Waals surface area contributed by atoms with Crippen molar-refractivity contribution < 1.29 is 4.74 Å². The van der Waals surface area contributed by atoms with Gasteiger partial charge in [0.05, 0.1) is 6.61 Å². The topological polar surface area (TPSA) is 24.5 Å². The van der Waals surface area contributed by atoms with Crippen molar-refractivity contribution >= 4 is 0 Å². The van der Waals surface area contributed by atoms with Crippen LogP contribution in [0.2, 0.25) is 0 Å². The minimum absolute atomic E-state index is 0.524. The standard InChI is InChI=1S/C12H26N2O/c1-5-11(9-15-4)13-12-6-7-14(3)10(2)8-12/h10-13H,5-9H2,1-4H3. The van der Waals surface area contributed by atoms with E-state index in [0.29, 0.717) is 18.1 Å². The first kappa shape index (κ1) is 12.9. The molecule has 1 rings (SSSR count). The Morgan fingerprint density at radius 2 is 2.27 bits per heavy atom. The lowest BCUT2D eigenvalue weighted by Gasteiger charge is -2.37. The van der Waals surface area contributed by atoms with Crippen molar-refractivity contribution in [3.63, 3.8) is 0 Å². The smallest absolute Gasteiger partial charge is 0.0615 e. The summed E-state index contributed by atoms with van der Waals surface area (Å²) in [5, 5.41) is 3.71. The Balaban J connectivity index is 2.31. The van der Waals surface area contributed by atoms with Crippen LogP contribution in [0, 0.1) is 0 Å². The van der Waals surface area contributed by atoms with Gasteiger partial charge in [0.15, 0.2) is 0 Å². The zero-order chi connectivity index (χ0) is 11.3. The summed E-state index contributed by atoms with van der Waals surface area (Å²) in [6.07, 6.45) is 3.67. The van der Waals surface area contributed by atoms with E-state index < -0.39 is 0 Å². The summed E-state index contributed by atoms with van der Waals surface area (Å²) >= 11 is 0. The molecule has 1 saturated heterocycles. The van der Waals surface area contributed by atoms with Gasteiger partial charge in [0.2, 0.25) is 0 Å². The molecular formula is C12H26N2O. The van der Waals surface area contributed by atoms with Gasteiger partial charge in [-0.05, 0) is 39.8 Å². The van der Waals surface area contributed by atoms with Gasteiger partial charge in [-0.3, -0.25) is 0 Å². The summed E-state index contributed by atoms with van der Waals surface area (Å²) in [5.74, 6) is 0. The molecular weight excluding hydrogens is 188 g/mol. The predicted octanol–water partition coefficient (Wildman–Crippen LogP) is 1.48. The predicted molar refractivity (Wildman–Crippen MR) is 64.2 cm³/mol. The zero-order valence-electron chi connectivity index (χ0n) is 10.6. The number of methoxy groups -OCH3 is 1. The molecule has 0 saturated carbocycles. The lowest BCUT2D eigenvalue weighted by atomic mass is 9.98. The maximum Gasteiger partial charge on any atom is 0.0615 e. The van der Waals surface area contributed by atoms with E-state index in [4.69, 9.17) is 4.74 Å². The summed E-state index contributed by atoms with van der Waals surface area (Å²) in [6, 6.07) is 1.91. The van der Waals surface area contributed by atoms with Crippen LogP contribution in [0.1, 0.15) is 33.1 Å². The first-order valence-corrected chi connectivity index (χ1v) is 6.12. The van der Waals surface area contributed by atoms with Crippen LogP contribution >= 0.6 is 0 Å². The van der Waals surface area contributed by atoms with Gasteiger partial charge in [-0.1, -0.05) is 6.92 Å². The van der Waals surface area contributed by atoms with E-state index in [0.717, 1.165) is 13.0 Å². The molecule has 90 valence electrons. The lowest BCUT2D eigenvalue weighted by Crippen LogP contribution is -2.49. The molecule has 3 heteroatoms. The fourth-order valence-electron chi connectivity index (χ4n) is 2.26. The molecule has 1 aliphatic rings. The van der Waals surface area contributed by atoms with Crippen LogP contribution in [0.5, 0.6) is 0 Å². The third-order valence-corrected chi connectivity index (χ3v) is 3.54. The Bertz CT molecular complexity index is 175. The molecule has 1 N–H and O–H groups in total. The van der Waals surface area contributed by atoms with Crippen molar-refractivity contribution in [1.29, 1.82) is 0 Å². The van der Waals surface area contributed by atoms with Crippen LogP contribution in [0.4, 0.5) is 0 Å². The largest absolute Gasteiger partial charge is 0.383 e. The molecule has 0 aromatic heterocycles. The molecule has 3 atom stereocenters. The molecule has 0 aromatic rings. The lowest BCUT2D eigenvalue weighted by molar-refractivity contribution is 0.128. The highest BCUT2D eigenvalue weighted by atomic mass is 16.5. The van der Waals surface area contributed by atoms with Crippen LogP contribution in [-0.2, 0) is 4.74 Å².